The van der Waals surface area contributed by atoms with Crippen molar-refractivity contribution in [2.75, 3.05) is 7.11 Å². The third-order valence-corrected chi connectivity index (χ3v) is 4.46. The fourth-order valence-electron chi connectivity index (χ4n) is 3.05. The molecule has 0 saturated carbocycles. The van der Waals surface area contributed by atoms with Crippen LogP contribution in [0.1, 0.15) is 27.0 Å². The Hall–Kier alpha value is -3.09. The van der Waals surface area contributed by atoms with Crippen molar-refractivity contribution in [3.8, 4) is 11.1 Å². The molecular formula is C23H21F2NO3. The van der Waals surface area contributed by atoms with Crippen LogP contribution in [0.2, 0.25) is 0 Å². The number of benzene rings is 3. The van der Waals surface area contributed by atoms with Gasteiger partial charge in [0.1, 0.15) is 11.6 Å². The third-order valence-electron chi connectivity index (χ3n) is 4.46. The number of carbonyl (C=O) groups is 1. The molecule has 0 bridgehead atoms. The summed E-state index contributed by atoms with van der Waals surface area (Å²) in [6, 6.07) is 16.4. The number of hydrogen-bond acceptors (Lipinski definition) is 4. The topological polar surface area (TPSA) is 47.6 Å². The van der Waals surface area contributed by atoms with Gasteiger partial charge >= 0.3 is 5.97 Å². The Morgan fingerprint density at radius 2 is 1.66 bits per heavy atom. The monoisotopic (exact) mass is 397 g/mol. The molecule has 0 aliphatic carbocycles. The SMILES string of the molecule is COC(=O)c1ccc(CONCc2cc(F)cc(F)c2)cc1-c1ccccc1C. The molecule has 3 aromatic carbocycles. The Morgan fingerprint density at radius 3 is 2.34 bits per heavy atom. The number of carbonyl (C=O) groups excluding carboxylic acids is 1. The van der Waals surface area contributed by atoms with Crippen molar-refractivity contribution >= 4 is 5.97 Å². The van der Waals surface area contributed by atoms with Crippen molar-refractivity contribution in [3.05, 3.63) is 94.6 Å². The lowest BCUT2D eigenvalue weighted by atomic mass is 9.94. The van der Waals surface area contributed by atoms with E-state index in [1.165, 1.54) is 19.2 Å². The van der Waals surface area contributed by atoms with E-state index >= 15 is 0 Å². The molecule has 1 N–H and O–H groups in total. The van der Waals surface area contributed by atoms with Crippen LogP contribution < -0.4 is 5.48 Å². The molecule has 0 amide bonds. The Morgan fingerprint density at radius 1 is 0.931 bits per heavy atom. The molecule has 0 atom stereocenters. The maximum atomic E-state index is 13.2. The van der Waals surface area contributed by atoms with Crippen molar-refractivity contribution < 1.29 is 23.1 Å². The van der Waals surface area contributed by atoms with E-state index in [1.54, 1.807) is 12.1 Å². The summed E-state index contributed by atoms with van der Waals surface area (Å²) in [7, 11) is 1.35. The highest BCUT2D eigenvalue weighted by atomic mass is 19.1. The largest absolute Gasteiger partial charge is 0.465 e. The van der Waals surface area contributed by atoms with Gasteiger partial charge in [0.15, 0.2) is 0 Å². The summed E-state index contributed by atoms with van der Waals surface area (Å²) in [6.07, 6.45) is 0. The molecule has 0 unspecified atom stereocenters. The van der Waals surface area contributed by atoms with Crippen molar-refractivity contribution in [2.45, 2.75) is 20.1 Å². The molecule has 6 heteroatoms. The Labute approximate surface area is 168 Å². The number of esters is 1. The van der Waals surface area contributed by atoms with Crippen LogP contribution in [0, 0.1) is 18.6 Å². The summed E-state index contributed by atoms with van der Waals surface area (Å²) in [6.45, 7) is 2.33. The molecule has 3 aromatic rings. The van der Waals surface area contributed by atoms with Gasteiger partial charge in [0.05, 0.1) is 19.3 Å². The van der Waals surface area contributed by atoms with E-state index in [2.05, 4.69) is 5.48 Å². The van der Waals surface area contributed by atoms with Gasteiger partial charge in [0, 0.05) is 12.6 Å². The quantitative estimate of drug-likeness (QED) is 0.348. The maximum absolute atomic E-state index is 13.2. The average Bonchev–Trinajstić information content (AvgIpc) is 2.70. The van der Waals surface area contributed by atoms with Crippen molar-refractivity contribution in [2.24, 2.45) is 0 Å². The summed E-state index contributed by atoms with van der Waals surface area (Å²) in [5.41, 5.74) is 7.14. The minimum atomic E-state index is -0.636. The number of hydrogen-bond donors (Lipinski definition) is 1. The van der Waals surface area contributed by atoms with Crippen LogP contribution >= 0.6 is 0 Å². The van der Waals surface area contributed by atoms with Gasteiger partial charge in [-0.3, -0.25) is 4.84 Å². The van der Waals surface area contributed by atoms with Gasteiger partial charge in [-0.15, -0.1) is 0 Å². The predicted octanol–water partition coefficient (Wildman–Crippen LogP) is 4.95. The van der Waals surface area contributed by atoms with E-state index in [-0.39, 0.29) is 13.2 Å². The van der Waals surface area contributed by atoms with E-state index in [9.17, 15) is 13.6 Å². The van der Waals surface area contributed by atoms with Gasteiger partial charge in [-0.2, -0.15) is 5.48 Å². The first-order valence-corrected chi connectivity index (χ1v) is 9.05. The van der Waals surface area contributed by atoms with Crippen LogP contribution in [0.25, 0.3) is 11.1 Å². The van der Waals surface area contributed by atoms with Crippen LogP contribution in [0.4, 0.5) is 8.78 Å². The molecule has 3 rings (SSSR count). The van der Waals surface area contributed by atoms with Gasteiger partial charge in [0.25, 0.3) is 0 Å². The number of ether oxygens (including phenoxy) is 1. The molecule has 0 heterocycles. The number of aryl methyl sites for hydroxylation is 1. The summed E-state index contributed by atoms with van der Waals surface area (Å²) in [5.74, 6) is -1.69. The predicted molar refractivity (Wildman–Crippen MR) is 106 cm³/mol. The second-order valence-corrected chi connectivity index (χ2v) is 6.57. The molecule has 150 valence electrons. The van der Waals surface area contributed by atoms with E-state index in [1.807, 2.05) is 37.3 Å². The first kappa shape index (κ1) is 20.6. The first-order chi connectivity index (χ1) is 14.0. The van der Waals surface area contributed by atoms with Gasteiger partial charge in [0.2, 0.25) is 0 Å². The zero-order chi connectivity index (χ0) is 20.8. The van der Waals surface area contributed by atoms with Gasteiger partial charge in [-0.1, -0.05) is 30.3 Å². The summed E-state index contributed by atoms with van der Waals surface area (Å²) in [5, 5.41) is 0. The lowest BCUT2D eigenvalue weighted by molar-refractivity contribution is 0.0234. The fraction of sp³-hybridized carbons (Fsp3) is 0.174. The third kappa shape index (κ3) is 5.25. The van der Waals surface area contributed by atoms with Crippen LogP contribution in [0.5, 0.6) is 0 Å². The van der Waals surface area contributed by atoms with Crippen LogP contribution in [-0.2, 0) is 22.7 Å². The molecule has 0 radical (unpaired) electrons. The second kappa shape index (κ2) is 9.41. The van der Waals surface area contributed by atoms with E-state index < -0.39 is 17.6 Å². The molecule has 0 saturated heterocycles. The minimum absolute atomic E-state index is 0.152. The highest BCUT2D eigenvalue weighted by molar-refractivity contribution is 5.97. The van der Waals surface area contributed by atoms with Crippen LogP contribution in [-0.4, -0.2) is 13.1 Å². The van der Waals surface area contributed by atoms with Crippen LogP contribution in [0.3, 0.4) is 0 Å². The van der Waals surface area contributed by atoms with Crippen LogP contribution in [0.15, 0.2) is 60.7 Å². The van der Waals surface area contributed by atoms with E-state index in [0.29, 0.717) is 11.1 Å². The molecule has 0 fully saturated rings. The number of rotatable bonds is 7. The molecule has 0 aliphatic rings. The number of methoxy groups -OCH3 is 1. The standard InChI is InChI=1S/C23H21F2NO3/c1-15-5-3-4-6-20(15)22-11-16(7-8-21(22)23(27)28-2)14-29-26-13-17-9-18(24)12-19(25)10-17/h3-12,26H,13-14H2,1-2H3. The molecule has 29 heavy (non-hydrogen) atoms. The Kier molecular flexibility index (Phi) is 6.69. The normalized spacial score (nSPS) is 10.8. The van der Waals surface area contributed by atoms with Crippen molar-refractivity contribution in [1.29, 1.82) is 0 Å². The maximum Gasteiger partial charge on any atom is 0.338 e. The Bertz CT molecular complexity index is 1000. The number of nitrogens with one attached hydrogen (secondary N) is 1. The zero-order valence-corrected chi connectivity index (χ0v) is 16.2. The number of halogens is 2. The summed E-state index contributed by atoms with van der Waals surface area (Å²) < 4.78 is 31.4. The van der Waals surface area contributed by atoms with Crippen molar-refractivity contribution in [1.82, 2.24) is 5.48 Å². The minimum Gasteiger partial charge on any atom is -0.465 e. The molecule has 0 aliphatic heterocycles. The smallest absolute Gasteiger partial charge is 0.338 e. The lowest BCUT2D eigenvalue weighted by Crippen LogP contribution is -2.14. The average molecular weight is 397 g/mol. The molecule has 0 spiro atoms. The highest BCUT2D eigenvalue weighted by Crippen LogP contribution is 2.28. The van der Waals surface area contributed by atoms with E-state index in [4.69, 9.17) is 9.57 Å². The van der Waals surface area contributed by atoms with Gasteiger partial charge < -0.3 is 4.74 Å². The first-order valence-electron chi connectivity index (χ1n) is 9.05. The van der Waals surface area contributed by atoms with Crippen molar-refractivity contribution in [3.63, 3.8) is 0 Å². The lowest BCUT2D eigenvalue weighted by Gasteiger charge is -2.13. The van der Waals surface area contributed by atoms with Gasteiger partial charge in [-0.05, 0) is 59.0 Å². The fourth-order valence-corrected chi connectivity index (χ4v) is 3.05. The number of hydroxylamine groups is 1. The zero-order valence-electron chi connectivity index (χ0n) is 16.2. The molecule has 0 aromatic heterocycles. The summed E-state index contributed by atoms with van der Waals surface area (Å²) in [4.78, 5) is 17.6. The molecule has 4 nitrogen and oxygen atoms in total. The van der Waals surface area contributed by atoms with E-state index in [0.717, 1.165) is 28.3 Å². The molecular weight excluding hydrogens is 376 g/mol. The highest BCUT2D eigenvalue weighted by Gasteiger charge is 2.15. The Balaban J connectivity index is 1.74. The summed E-state index contributed by atoms with van der Waals surface area (Å²) >= 11 is 0. The van der Waals surface area contributed by atoms with Gasteiger partial charge in [-0.25, -0.2) is 13.6 Å². The second-order valence-electron chi connectivity index (χ2n) is 6.57.